The largest absolute Gasteiger partial charge is 0.167 e. The van der Waals surface area contributed by atoms with Crippen molar-refractivity contribution in [3.8, 4) is 0 Å². The predicted octanol–water partition coefficient (Wildman–Crippen LogP) is 6.90. The van der Waals surface area contributed by atoms with Crippen molar-refractivity contribution < 1.29 is 0 Å². The van der Waals surface area contributed by atoms with Crippen molar-refractivity contribution in [3.05, 3.63) is 83.0 Å². The summed E-state index contributed by atoms with van der Waals surface area (Å²) in [6, 6.07) is 24.7. The Hall–Kier alpha value is 0.200. The molecule has 0 aliphatic carbocycles. The van der Waals surface area contributed by atoms with Crippen LogP contribution in [0.3, 0.4) is 0 Å². The molecular formula is C19H14I3S+. The third-order valence-electron chi connectivity index (χ3n) is 3.43. The first-order valence-electron chi connectivity index (χ1n) is 7.06. The summed E-state index contributed by atoms with van der Waals surface area (Å²) in [4.78, 5) is 4.11. The topological polar surface area (TPSA) is 0 Å². The van der Waals surface area contributed by atoms with E-state index in [9.17, 15) is 0 Å². The molecule has 0 saturated heterocycles. The second-order valence-electron chi connectivity index (χ2n) is 5.15. The number of hydrogen-bond donors (Lipinski definition) is 0. The fourth-order valence-electron chi connectivity index (χ4n) is 2.26. The van der Waals surface area contributed by atoms with Gasteiger partial charge in [-0.1, -0.05) is 17.7 Å². The van der Waals surface area contributed by atoms with Crippen LogP contribution < -0.4 is 0 Å². The van der Waals surface area contributed by atoms with Gasteiger partial charge in [-0.2, -0.15) is 0 Å². The molecular weight excluding hydrogens is 641 g/mol. The Balaban J connectivity index is 2.14. The fourth-order valence-corrected chi connectivity index (χ4v) is 5.75. The van der Waals surface area contributed by atoms with Crippen LogP contribution in [0, 0.1) is 17.6 Å². The maximum absolute atomic E-state index is 2.43. The van der Waals surface area contributed by atoms with Gasteiger partial charge in [0.15, 0.2) is 14.7 Å². The van der Waals surface area contributed by atoms with Gasteiger partial charge >= 0.3 is 0 Å². The molecule has 0 aliphatic heterocycles. The summed E-state index contributed by atoms with van der Waals surface area (Å²) in [5.74, 6) is 0. The molecule has 4 heteroatoms. The van der Waals surface area contributed by atoms with Gasteiger partial charge in [-0.05, 0) is 123 Å². The van der Waals surface area contributed by atoms with Crippen molar-refractivity contribution in [2.75, 3.05) is 0 Å². The summed E-state index contributed by atoms with van der Waals surface area (Å²) < 4.78 is 3.90. The van der Waals surface area contributed by atoms with E-state index in [1.54, 1.807) is 0 Å². The minimum atomic E-state index is -0.0612. The Bertz CT molecular complexity index is 766. The fraction of sp³-hybridized carbons (Fsp3) is 0.0526. The van der Waals surface area contributed by atoms with E-state index >= 15 is 0 Å². The lowest BCUT2D eigenvalue weighted by Gasteiger charge is -2.09. The number of hydrogen-bond acceptors (Lipinski definition) is 0. The Morgan fingerprint density at radius 1 is 0.609 bits per heavy atom. The van der Waals surface area contributed by atoms with Gasteiger partial charge in [0.1, 0.15) is 0 Å². The molecule has 0 aromatic heterocycles. The van der Waals surface area contributed by atoms with Crippen molar-refractivity contribution in [3.63, 3.8) is 0 Å². The lowest BCUT2D eigenvalue weighted by molar-refractivity contribution is 1.29. The molecule has 0 bridgehead atoms. The van der Waals surface area contributed by atoms with Crippen LogP contribution in [0.25, 0.3) is 0 Å². The first-order valence-corrected chi connectivity index (χ1v) is 11.5. The Morgan fingerprint density at radius 3 is 1.70 bits per heavy atom. The number of rotatable bonds is 3. The molecule has 0 amide bonds. The summed E-state index contributed by atoms with van der Waals surface area (Å²) in [6.07, 6.45) is 0. The summed E-state index contributed by atoms with van der Waals surface area (Å²) in [5, 5.41) is 0. The summed E-state index contributed by atoms with van der Waals surface area (Å²) in [7, 11) is -0.0612. The second kappa shape index (κ2) is 8.05. The minimum Gasteiger partial charge on any atom is -0.0543 e. The highest BCUT2D eigenvalue weighted by molar-refractivity contribution is 14.1. The van der Waals surface area contributed by atoms with E-state index < -0.39 is 0 Å². The average Bonchev–Trinajstić information content (AvgIpc) is 2.55. The summed E-state index contributed by atoms with van der Waals surface area (Å²) >= 11 is 7.19. The van der Waals surface area contributed by atoms with Crippen LogP contribution in [0.2, 0.25) is 0 Å². The molecule has 0 saturated carbocycles. The SMILES string of the molecule is Cc1ccc([S+](c2ccc(I)cc2)c2ccc(I)c(I)c2)cc1. The van der Waals surface area contributed by atoms with E-state index in [1.165, 1.54) is 31.0 Å². The van der Waals surface area contributed by atoms with Crippen molar-refractivity contribution in [2.24, 2.45) is 0 Å². The molecule has 0 spiro atoms. The van der Waals surface area contributed by atoms with Gasteiger partial charge in [0.25, 0.3) is 0 Å². The van der Waals surface area contributed by atoms with Gasteiger partial charge in [-0.3, -0.25) is 0 Å². The maximum Gasteiger partial charge on any atom is 0.167 e. The van der Waals surface area contributed by atoms with E-state index in [0.29, 0.717) is 0 Å². The van der Waals surface area contributed by atoms with Gasteiger partial charge in [0, 0.05) is 16.8 Å². The lowest BCUT2D eigenvalue weighted by Crippen LogP contribution is -2.05. The highest BCUT2D eigenvalue weighted by Gasteiger charge is 2.29. The molecule has 0 aliphatic rings. The number of halogens is 3. The van der Waals surface area contributed by atoms with Gasteiger partial charge < -0.3 is 0 Å². The minimum absolute atomic E-state index is 0.0612. The Morgan fingerprint density at radius 2 is 1.13 bits per heavy atom. The molecule has 0 N–H and O–H groups in total. The van der Waals surface area contributed by atoms with Crippen LogP contribution in [-0.4, -0.2) is 0 Å². The third kappa shape index (κ3) is 4.43. The molecule has 3 rings (SSSR count). The van der Waals surface area contributed by atoms with Crippen molar-refractivity contribution in [1.29, 1.82) is 0 Å². The van der Waals surface area contributed by atoms with Gasteiger partial charge in [-0.25, -0.2) is 0 Å². The smallest absolute Gasteiger partial charge is 0.0543 e. The molecule has 3 aromatic carbocycles. The monoisotopic (exact) mass is 655 g/mol. The van der Waals surface area contributed by atoms with Gasteiger partial charge in [-0.15, -0.1) is 0 Å². The molecule has 1 unspecified atom stereocenters. The van der Waals surface area contributed by atoms with Gasteiger partial charge in [0.05, 0.1) is 10.9 Å². The van der Waals surface area contributed by atoms with Crippen LogP contribution in [0.4, 0.5) is 0 Å². The number of aryl methyl sites for hydroxylation is 1. The zero-order valence-electron chi connectivity index (χ0n) is 12.4. The molecule has 0 heterocycles. The number of benzene rings is 3. The summed E-state index contributed by atoms with van der Waals surface area (Å²) in [5.41, 5.74) is 1.30. The third-order valence-corrected chi connectivity index (χ3v) is 9.23. The van der Waals surface area contributed by atoms with E-state index in [-0.39, 0.29) is 10.9 Å². The van der Waals surface area contributed by atoms with Gasteiger partial charge in [0.2, 0.25) is 0 Å². The Kier molecular flexibility index (Phi) is 6.30. The standard InChI is InChI=1S/C19H14I3S/c1-13-2-6-15(7-3-13)23(16-8-4-14(20)5-9-16)17-10-11-18(21)19(22)12-17/h2-12H,1H3/q+1. The zero-order valence-corrected chi connectivity index (χ0v) is 19.7. The molecule has 116 valence electrons. The zero-order chi connectivity index (χ0) is 16.4. The van der Waals surface area contributed by atoms with Crippen LogP contribution in [0.1, 0.15) is 5.56 Å². The quantitative estimate of drug-likeness (QED) is 0.213. The predicted molar refractivity (Wildman–Crippen MR) is 124 cm³/mol. The molecule has 23 heavy (non-hydrogen) atoms. The van der Waals surface area contributed by atoms with E-state index in [1.807, 2.05) is 0 Å². The first-order chi connectivity index (χ1) is 11.0. The normalized spacial score (nSPS) is 12.2. The van der Waals surface area contributed by atoms with Crippen LogP contribution in [0.15, 0.2) is 81.4 Å². The van der Waals surface area contributed by atoms with E-state index in [4.69, 9.17) is 0 Å². The molecule has 0 fully saturated rings. The van der Waals surface area contributed by atoms with Crippen LogP contribution >= 0.6 is 67.8 Å². The van der Waals surface area contributed by atoms with Crippen molar-refractivity contribution in [1.82, 2.24) is 0 Å². The molecule has 0 nitrogen and oxygen atoms in total. The van der Waals surface area contributed by atoms with Crippen LogP contribution in [0.5, 0.6) is 0 Å². The van der Waals surface area contributed by atoms with Crippen molar-refractivity contribution >= 4 is 78.7 Å². The van der Waals surface area contributed by atoms with Crippen LogP contribution in [-0.2, 0) is 10.9 Å². The Labute approximate surface area is 181 Å². The van der Waals surface area contributed by atoms with Crippen molar-refractivity contribution in [2.45, 2.75) is 21.6 Å². The first kappa shape index (κ1) is 18.0. The molecule has 0 radical (unpaired) electrons. The second-order valence-corrected chi connectivity index (χ2v) is 10.7. The average molecular weight is 655 g/mol. The highest BCUT2D eigenvalue weighted by atomic mass is 127. The summed E-state index contributed by atoms with van der Waals surface area (Å²) in [6.45, 7) is 2.14. The maximum atomic E-state index is 2.43. The lowest BCUT2D eigenvalue weighted by atomic mass is 10.2. The van der Waals surface area contributed by atoms with E-state index in [2.05, 4.69) is 141 Å². The highest BCUT2D eigenvalue weighted by Crippen LogP contribution is 2.33. The molecule has 3 aromatic rings. The van der Waals surface area contributed by atoms with E-state index in [0.717, 1.165) is 0 Å². The molecule has 1 atom stereocenters.